The summed E-state index contributed by atoms with van der Waals surface area (Å²) in [4.78, 5) is 9.19. The quantitative estimate of drug-likeness (QED) is 0.363. The Morgan fingerprint density at radius 3 is 2.47 bits per heavy atom. The standard InChI is InChI=1S/C22H24Cl3N5O.ClH/c23-17-5-3-4-16(14-17)21-27-22(28-31-21)26-8-1-2-9-29-10-12-30(13-11-29)20-7-6-18(24)15-19(20)25;/h3-7,14-15H,1-2,8-13H2,(H,26,28);1H. The molecule has 0 bridgehead atoms. The molecule has 1 aliphatic heterocycles. The van der Waals surface area contributed by atoms with Crippen LogP contribution in [0.2, 0.25) is 15.1 Å². The number of halogens is 4. The largest absolute Gasteiger partial charge is 0.368 e. The Bertz CT molecular complexity index is 1010. The molecule has 32 heavy (non-hydrogen) atoms. The highest BCUT2D eigenvalue weighted by atomic mass is 35.5. The van der Waals surface area contributed by atoms with Gasteiger partial charge in [-0.25, -0.2) is 0 Å². The van der Waals surface area contributed by atoms with Crippen LogP contribution in [-0.2, 0) is 0 Å². The van der Waals surface area contributed by atoms with Gasteiger partial charge in [-0.1, -0.05) is 40.9 Å². The fourth-order valence-electron chi connectivity index (χ4n) is 3.64. The number of unbranched alkanes of at least 4 members (excludes halogenated alkanes) is 1. The number of benzene rings is 2. The maximum atomic E-state index is 6.34. The fourth-order valence-corrected chi connectivity index (χ4v) is 4.36. The van der Waals surface area contributed by atoms with Gasteiger partial charge in [0.2, 0.25) is 0 Å². The molecule has 0 unspecified atom stereocenters. The van der Waals surface area contributed by atoms with E-state index in [1.54, 1.807) is 12.1 Å². The summed E-state index contributed by atoms with van der Waals surface area (Å²) in [5, 5.41) is 9.23. The van der Waals surface area contributed by atoms with E-state index in [0.29, 0.717) is 26.9 Å². The summed E-state index contributed by atoms with van der Waals surface area (Å²) in [6.07, 6.45) is 2.14. The zero-order chi connectivity index (χ0) is 21.6. The molecule has 0 saturated carbocycles. The lowest BCUT2D eigenvalue weighted by molar-refractivity contribution is 0.254. The average molecular weight is 517 g/mol. The molecule has 1 aliphatic rings. The van der Waals surface area contributed by atoms with Crippen LogP contribution in [0.5, 0.6) is 0 Å². The van der Waals surface area contributed by atoms with Crippen LogP contribution < -0.4 is 10.2 Å². The fraction of sp³-hybridized carbons (Fsp3) is 0.364. The first-order valence-electron chi connectivity index (χ1n) is 10.3. The van der Waals surface area contributed by atoms with Gasteiger partial charge in [-0.05, 0) is 60.9 Å². The zero-order valence-corrected chi connectivity index (χ0v) is 20.5. The molecule has 2 heterocycles. The molecule has 0 atom stereocenters. The molecule has 2 aromatic carbocycles. The van der Waals surface area contributed by atoms with E-state index in [9.17, 15) is 0 Å². The van der Waals surface area contributed by atoms with Crippen molar-refractivity contribution in [2.45, 2.75) is 12.8 Å². The van der Waals surface area contributed by atoms with Crippen molar-refractivity contribution >= 4 is 58.8 Å². The van der Waals surface area contributed by atoms with Crippen molar-refractivity contribution in [1.82, 2.24) is 15.0 Å². The van der Waals surface area contributed by atoms with Crippen molar-refractivity contribution in [2.75, 3.05) is 49.5 Å². The van der Waals surface area contributed by atoms with E-state index in [2.05, 4.69) is 25.3 Å². The molecule has 0 amide bonds. The number of anilines is 2. The Labute approximate surface area is 209 Å². The van der Waals surface area contributed by atoms with Crippen molar-refractivity contribution in [2.24, 2.45) is 0 Å². The van der Waals surface area contributed by atoms with Crippen LogP contribution in [0.15, 0.2) is 47.0 Å². The third kappa shape index (κ3) is 6.65. The van der Waals surface area contributed by atoms with E-state index >= 15 is 0 Å². The van der Waals surface area contributed by atoms with Gasteiger partial charge < -0.3 is 14.7 Å². The highest BCUT2D eigenvalue weighted by Crippen LogP contribution is 2.29. The lowest BCUT2D eigenvalue weighted by Gasteiger charge is -2.36. The van der Waals surface area contributed by atoms with E-state index < -0.39 is 0 Å². The zero-order valence-electron chi connectivity index (χ0n) is 17.4. The molecule has 1 saturated heterocycles. The molecule has 172 valence electrons. The minimum absolute atomic E-state index is 0. The monoisotopic (exact) mass is 515 g/mol. The Balaban J connectivity index is 0.00000289. The van der Waals surface area contributed by atoms with Crippen LogP contribution >= 0.6 is 47.2 Å². The first kappa shape index (κ1) is 24.9. The molecule has 1 aromatic heterocycles. The van der Waals surface area contributed by atoms with Crippen molar-refractivity contribution in [3.8, 4) is 11.5 Å². The van der Waals surface area contributed by atoms with Crippen molar-refractivity contribution in [1.29, 1.82) is 0 Å². The van der Waals surface area contributed by atoms with Crippen LogP contribution in [0.25, 0.3) is 11.5 Å². The minimum Gasteiger partial charge on any atom is -0.368 e. The average Bonchev–Trinajstić information content (AvgIpc) is 3.23. The first-order chi connectivity index (χ1) is 15.1. The molecule has 4 rings (SSSR count). The van der Waals surface area contributed by atoms with E-state index in [1.165, 1.54) is 0 Å². The summed E-state index contributed by atoms with van der Waals surface area (Å²) in [5.74, 6) is 0.965. The second-order valence-electron chi connectivity index (χ2n) is 7.49. The molecule has 1 fully saturated rings. The second-order valence-corrected chi connectivity index (χ2v) is 8.77. The predicted molar refractivity (Wildman–Crippen MR) is 135 cm³/mol. The number of piperazine rings is 1. The summed E-state index contributed by atoms with van der Waals surface area (Å²) in [6.45, 7) is 5.86. The molecular weight excluding hydrogens is 492 g/mol. The normalized spacial score (nSPS) is 14.3. The summed E-state index contributed by atoms with van der Waals surface area (Å²) < 4.78 is 5.31. The topological polar surface area (TPSA) is 57.4 Å². The summed E-state index contributed by atoms with van der Waals surface area (Å²) in [7, 11) is 0. The van der Waals surface area contributed by atoms with Crippen LogP contribution in [-0.4, -0.2) is 54.3 Å². The van der Waals surface area contributed by atoms with Gasteiger partial charge in [-0.3, -0.25) is 4.90 Å². The third-order valence-corrected chi connectivity index (χ3v) is 6.08. The third-order valence-electron chi connectivity index (χ3n) is 5.30. The highest BCUT2D eigenvalue weighted by Gasteiger charge is 2.18. The SMILES string of the molecule is Cl.Clc1cccc(-c2nc(NCCCCN3CCN(c4ccc(Cl)cc4Cl)CC3)no2)c1. The van der Waals surface area contributed by atoms with Gasteiger partial charge in [0.15, 0.2) is 0 Å². The van der Waals surface area contributed by atoms with Gasteiger partial charge in [0, 0.05) is 48.3 Å². The predicted octanol–water partition coefficient (Wildman–Crippen LogP) is 6.13. The van der Waals surface area contributed by atoms with Crippen LogP contribution in [0.3, 0.4) is 0 Å². The van der Waals surface area contributed by atoms with Crippen molar-refractivity contribution in [3.05, 3.63) is 57.5 Å². The Kier molecular flexibility index (Phi) is 9.32. The summed E-state index contributed by atoms with van der Waals surface area (Å²) in [6, 6.07) is 13.1. The molecule has 0 aliphatic carbocycles. The Morgan fingerprint density at radius 1 is 0.938 bits per heavy atom. The maximum absolute atomic E-state index is 6.34. The van der Waals surface area contributed by atoms with E-state index in [1.807, 2.05) is 30.3 Å². The number of aromatic nitrogens is 2. The molecule has 10 heteroatoms. The van der Waals surface area contributed by atoms with Gasteiger partial charge in [0.1, 0.15) is 0 Å². The number of nitrogens with zero attached hydrogens (tertiary/aromatic N) is 4. The molecular formula is C22H25Cl4N5O. The van der Waals surface area contributed by atoms with Gasteiger partial charge in [-0.15, -0.1) is 12.4 Å². The van der Waals surface area contributed by atoms with E-state index in [4.69, 9.17) is 39.3 Å². The molecule has 0 radical (unpaired) electrons. The lowest BCUT2D eigenvalue weighted by atomic mass is 10.2. The smallest absolute Gasteiger partial charge is 0.263 e. The second kappa shape index (κ2) is 12.0. The van der Waals surface area contributed by atoms with E-state index in [-0.39, 0.29) is 12.4 Å². The van der Waals surface area contributed by atoms with Crippen LogP contribution in [0, 0.1) is 0 Å². The number of nitrogens with one attached hydrogen (secondary N) is 1. The van der Waals surface area contributed by atoms with Crippen LogP contribution in [0.4, 0.5) is 11.6 Å². The Hall–Kier alpha value is -1.70. The molecule has 6 nitrogen and oxygen atoms in total. The number of hydrogen-bond acceptors (Lipinski definition) is 6. The lowest BCUT2D eigenvalue weighted by Crippen LogP contribution is -2.46. The van der Waals surface area contributed by atoms with E-state index in [0.717, 1.165) is 63.4 Å². The minimum atomic E-state index is 0. The van der Waals surface area contributed by atoms with Crippen LogP contribution in [0.1, 0.15) is 12.8 Å². The van der Waals surface area contributed by atoms with Crippen molar-refractivity contribution < 1.29 is 4.52 Å². The van der Waals surface area contributed by atoms with Gasteiger partial charge >= 0.3 is 0 Å². The van der Waals surface area contributed by atoms with Gasteiger partial charge in [0.05, 0.1) is 10.7 Å². The highest BCUT2D eigenvalue weighted by molar-refractivity contribution is 6.36. The van der Waals surface area contributed by atoms with Gasteiger partial charge in [-0.2, -0.15) is 4.98 Å². The molecule has 0 spiro atoms. The summed E-state index contributed by atoms with van der Waals surface area (Å²) in [5.41, 5.74) is 1.87. The first-order valence-corrected chi connectivity index (χ1v) is 11.5. The molecule has 1 N–H and O–H groups in total. The molecule has 3 aromatic rings. The number of hydrogen-bond donors (Lipinski definition) is 1. The summed E-state index contributed by atoms with van der Waals surface area (Å²) >= 11 is 18.4. The maximum Gasteiger partial charge on any atom is 0.263 e. The van der Waals surface area contributed by atoms with Crippen molar-refractivity contribution in [3.63, 3.8) is 0 Å². The van der Waals surface area contributed by atoms with Gasteiger partial charge in [0.25, 0.3) is 11.8 Å². The number of rotatable bonds is 8. The Morgan fingerprint density at radius 2 is 1.72 bits per heavy atom.